The second kappa shape index (κ2) is 11.3. The van der Waals surface area contributed by atoms with Crippen LogP contribution >= 0.6 is 0 Å². The van der Waals surface area contributed by atoms with Crippen LogP contribution in [0.25, 0.3) is 0 Å². The van der Waals surface area contributed by atoms with Gasteiger partial charge in [0.25, 0.3) is 0 Å². The molecule has 16 heavy (non-hydrogen) atoms. The summed E-state index contributed by atoms with van der Waals surface area (Å²) in [6.45, 7) is 8.09. The van der Waals surface area contributed by atoms with Crippen LogP contribution in [-0.4, -0.2) is 73.9 Å². The van der Waals surface area contributed by atoms with Crippen LogP contribution < -0.4 is 0 Å². The van der Waals surface area contributed by atoms with Crippen molar-refractivity contribution in [2.45, 2.75) is 19.9 Å². The molecule has 0 aliphatic carbocycles. The second-order valence-electron chi connectivity index (χ2n) is 3.80. The molecule has 0 heterocycles. The van der Waals surface area contributed by atoms with Crippen molar-refractivity contribution in [2.75, 3.05) is 52.7 Å². The van der Waals surface area contributed by atoms with Gasteiger partial charge in [-0.25, -0.2) is 0 Å². The van der Waals surface area contributed by atoms with Crippen molar-refractivity contribution in [3.63, 3.8) is 0 Å². The SMILES string of the molecule is CC(C)N(CCOCCO)CCOCCO. The molecule has 2 N–H and O–H groups in total. The predicted octanol–water partition coefficient (Wildman–Crippen LogP) is -0.285. The van der Waals surface area contributed by atoms with Gasteiger partial charge in [-0.15, -0.1) is 0 Å². The summed E-state index contributed by atoms with van der Waals surface area (Å²) in [7, 11) is 0. The molecule has 0 unspecified atom stereocenters. The van der Waals surface area contributed by atoms with Gasteiger partial charge in [0.1, 0.15) is 0 Å². The van der Waals surface area contributed by atoms with Crippen LogP contribution in [0.15, 0.2) is 0 Å². The van der Waals surface area contributed by atoms with Gasteiger partial charge in [0.15, 0.2) is 0 Å². The van der Waals surface area contributed by atoms with Crippen molar-refractivity contribution >= 4 is 0 Å². The van der Waals surface area contributed by atoms with Crippen molar-refractivity contribution in [2.24, 2.45) is 0 Å². The van der Waals surface area contributed by atoms with Gasteiger partial charge in [0.05, 0.1) is 39.6 Å². The number of hydrogen-bond acceptors (Lipinski definition) is 5. The molecule has 0 spiro atoms. The second-order valence-corrected chi connectivity index (χ2v) is 3.80. The molecule has 0 aliphatic rings. The zero-order chi connectivity index (χ0) is 12.2. The monoisotopic (exact) mass is 235 g/mol. The molecular formula is C11H25NO4. The highest BCUT2D eigenvalue weighted by atomic mass is 16.5. The smallest absolute Gasteiger partial charge is 0.0698 e. The minimum atomic E-state index is 0.0707. The summed E-state index contributed by atoms with van der Waals surface area (Å²) in [6.07, 6.45) is 0. The molecule has 0 radical (unpaired) electrons. The Kier molecular flexibility index (Phi) is 11.1. The average Bonchev–Trinajstić information content (AvgIpc) is 2.26. The molecule has 98 valence electrons. The molecule has 0 rings (SSSR count). The predicted molar refractivity (Wildman–Crippen MR) is 62.5 cm³/mol. The van der Waals surface area contributed by atoms with E-state index in [1.165, 1.54) is 0 Å². The Labute approximate surface area is 98.0 Å². The Bertz CT molecular complexity index is 132. The first-order chi connectivity index (χ1) is 7.72. The fourth-order valence-corrected chi connectivity index (χ4v) is 1.33. The van der Waals surface area contributed by atoms with Crippen LogP contribution in [0.1, 0.15) is 13.8 Å². The van der Waals surface area contributed by atoms with E-state index in [-0.39, 0.29) is 13.2 Å². The van der Waals surface area contributed by atoms with Crippen LogP contribution in [0, 0.1) is 0 Å². The third-order valence-corrected chi connectivity index (χ3v) is 2.25. The van der Waals surface area contributed by atoms with Crippen LogP contribution in [0.2, 0.25) is 0 Å². The summed E-state index contributed by atoms with van der Waals surface area (Å²) in [4.78, 5) is 2.24. The Morgan fingerprint density at radius 3 is 1.62 bits per heavy atom. The molecule has 0 bridgehead atoms. The van der Waals surface area contributed by atoms with Crippen molar-refractivity contribution in [1.82, 2.24) is 4.90 Å². The fraction of sp³-hybridized carbons (Fsp3) is 1.00. The number of nitrogens with zero attached hydrogens (tertiary/aromatic N) is 1. The summed E-state index contributed by atoms with van der Waals surface area (Å²) in [5, 5.41) is 17.1. The Morgan fingerprint density at radius 1 is 0.875 bits per heavy atom. The maximum atomic E-state index is 8.56. The molecule has 0 amide bonds. The fourth-order valence-electron chi connectivity index (χ4n) is 1.33. The normalized spacial score (nSPS) is 11.6. The number of rotatable bonds is 11. The van der Waals surface area contributed by atoms with E-state index < -0.39 is 0 Å². The number of aliphatic hydroxyl groups is 2. The van der Waals surface area contributed by atoms with E-state index >= 15 is 0 Å². The third-order valence-electron chi connectivity index (χ3n) is 2.25. The van der Waals surface area contributed by atoms with Gasteiger partial charge in [0, 0.05) is 19.1 Å². The zero-order valence-corrected chi connectivity index (χ0v) is 10.4. The van der Waals surface area contributed by atoms with Crippen molar-refractivity contribution in [1.29, 1.82) is 0 Å². The van der Waals surface area contributed by atoms with Crippen molar-refractivity contribution in [3.8, 4) is 0 Å². The first-order valence-corrected chi connectivity index (χ1v) is 5.83. The highest BCUT2D eigenvalue weighted by molar-refractivity contribution is 4.62. The lowest BCUT2D eigenvalue weighted by Gasteiger charge is -2.26. The van der Waals surface area contributed by atoms with Gasteiger partial charge in [-0.3, -0.25) is 4.90 Å². The third kappa shape index (κ3) is 9.06. The summed E-state index contributed by atoms with van der Waals surface area (Å²) in [6, 6.07) is 0.440. The molecule has 5 nitrogen and oxygen atoms in total. The lowest BCUT2D eigenvalue weighted by molar-refractivity contribution is 0.0421. The lowest BCUT2D eigenvalue weighted by atomic mass is 10.3. The van der Waals surface area contributed by atoms with Gasteiger partial charge in [0.2, 0.25) is 0 Å². The first kappa shape index (κ1) is 15.8. The summed E-state index contributed by atoms with van der Waals surface area (Å²) >= 11 is 0. The molecule has 5 heteroatoms. The van der Waals surface area contributed by atoms with Crippen molar-refractivity contribution in [3.05, 3.63) is 0 Å². The van der Waals surface area contributed by atoms with Gasteiger partial charge in [-0.2, -0.15) is 0 Å². The van der Waals surface area contributed by atoms with Gasteiger partial charge >= 0.3 is 0 Å². The Balaban J connectivity index is 3.54. The van der Waals surface area contributed by atoms with E-state index in [1.807, 2.05) is 0 Å². The number of aliphatic hydroxyl groups excluding tert-OH is 2. The van der Waals surface area contributed by atoms with Gasteiger partial charge in [-0.05, 0) is 13.8 Å². The van der Waals surface area contributed by atoms with E-state index in [1.54, 1.807) is 0 Å². The van der Waals surface area contributed by atoms with Crippen LogP contribution in [-0.2, 0) is 9.47 Å². The van der Waals surface area contributed by atoms with Crippen LogP contribution in [0.4, 0.5) is 0 Å². The Morgan fingerprint density at radius 2 is 1.31 bits per heavy atom. The summed E-state index contributed by atoms with van der Waals surface area (Å²) in [5.74, 6) is 0. The van der Waals surface area contributed by atoms with Crippen LogP contribution in [0.3, 0.4) is 0 Å². The number of ether oxygens (including phenoxy) is 2. The topological polar surface area (TPSA) is 62.2 Å². The molecule has 0 aliphatic heterocycles. The molecule has 0 aromatic heterocycles. The largest absolute Gasteiger partial charge is 0.394 e. The maximum absolute atomic E-state index is 8.56. The summed E-state index contributed by atoms with van der Waals surface area (Å²) in [5.41, 5.74) is 0. The van der Waals surface area contributed by atoms with E-state index in [0.717, 1.165) is 13.1 Å². The highest BCUT2D eigenvalue weighted by Gasteiger charge is 2.08. The maximum Gasteiger partial charge on any atom is 0.0698 e. The first-order valence-electron chi connectivity index (χ1n) is 5.83. The molecule has 0 aromatic carbocycles. The molecule has 0 atom stereocenters. The van der Waals surface area contributed by atoms with E-state index in [4.69, 9.17) is 19.7 Å². The Hall–Kier alpha value is -0.200. The molecule has 0 saturated carbocycles. The van der Waals surface area contributed by atoms with Gasteiger partial charge < -0.3 is 19.7 Å². The summed E-state index contributed by atoms with van der Waals surface area (Å²) < 4.78 is 10.4. The van der Waals surface area contributed by atoms with E-state index in [9.17, 15) is 0 Å². The lowest BCUT2D eigenvalue weighted by Crippen LogP contribution is -2.36. The van der Waals surface area contributed by atoms with Crippen molar-refractivity contribution < 1.29 is 19.7 Å². The molecular weight excluding hydrogens is 210 g/mol. The van der Waals surface area contributed by atoms with Gasteiger partial charge in [-0.1, -0.05) is 0 Å². The molecule has 0 aromatic rings. The molecule has 0 fully saturated rings. The standard InChI is InChI=1S/C11H25NO4/c1-11(2)12(3-7-15-9-5-13)4-8-16-10-6-14/h11,13-14H,3-10H2,1-2H3. The quantitative estimate of drug-likeness (QED) is 0.482. The average molecular weight is 235 g/mol. The van der Waals surface area contributed by atoms with Crippen LogP contribution in [0.5, 0.6) is 0 Å². The molecule has 0 saturated heterocycles. The minimum Gasteiger partial charge on any atom is -0.394 e. The minimum absolute atomic E-state index is 0.0707. The highest BCUT2D eigenvalue weighted by Crippen LogP contribution is 1.97. The zero-order valence-electron chi connectivity index (χ0n) is 10.4. The number of hydrogen-bond donors (Lipinski definition) is 2. The van der Waals surface area contributed by atoms with E-state index in [0.29, 0.717) is 32.5 Å². The van der Waals surface area contributed by atoms with E-state index in [2.05, 4.69) is 18.7 Å².